The number of benzene rings is 9. The Morgan fingerprint density at radius 3 is 1.86 bits per heavy atom. The van der Waals surface area contributed by atoms with Crippen LogP contribution in [0.2, 0.25) is 0 Å². The van der Waals surface area contributed by atoms with E-state index in [1.54, 1.807) is 0 Å². The lowest BCUT2D eigenvalue weighted by molar-refractivity contribution is 0.678. The zero-order chi connectivity index (χ0) is 47.3. The Morgan fingerprint density at radius 2 is 1.11 bits per heavy atom. The summed E-state index contributed by atoms with van der Waals surface area (Å²) in [5, 5.41) is 16.9. The monoisotopic (exact) mass is 903 g/mol. The number of hydrogen-bond donors (Lipinski definition) is 0. The van der Waals surface area contributed by atoms with Gasteiger partial charge in [-0.15, -0.1) is 5.73 Å². The Labute approximate surface area is 413 Å². The van der Waals surface area contributed by atoms with E-state index in [1.807, 2.05) is 24.3 Å². The van der Waals surface area contributed by atoms with Crippen molar-refractivity contribution < 1.29 is 0 Å². The summed E-state index contributed by atoms with van der Waals surface area (Å²) >= 11 is 0. The number of anilines is 3. The van der Waals surface area contributed by atoms with E-state index in [0.717, 1.165) is 55.7 Å². The van der Waals surface area contributed by atoms with E-state index in [9.17, 15) is 5.26 Å². The van der Waals surface area contributed by atoms with E-state index in [0.29, 0.717) is 17.4 Å². The largest absolute Gasteiger partial charge is 0.309 e. The lowest BCUT2D eigenvalue weighted by Gasteiger charge is -2.30. The number of allylic oxidation sites excluding steroid dienone is 13. The minimum absolute atomic E-state index is 0.334. The fourth-order valence-corrected chi connectivity index (χ4v) is 11.1. The molecule has 3 aliphatic rings. The molecule has 0 amide bonds. The van der Waals surface area contributed by atoms with Gasteiger partial charge in [0.15, 0.2) is 0 Å². The molecule has 0 N–H and O–H groups in total. The second-order valence-corrected chi connectivity index (χ2v) is 18.4. The van der Waals surface area contributed by atoms with Gasteiger partial charge in [0.25, 0.3) is 0 Å². The smallest absolute Gasteiger partial charge is 0.0991 e. The van der Waals surface area contributed by atoms with Crippen molar-refractivity contribution in [2.45, 2.75) is 0 Å². The second kappa shape index (κ2) is 17.6. The van der Waals surface area contributed by atoms with Crippen molar-refractivity contribution in [2.24, 2.45) is 11.8 Å². The average molecular weight is 904 g/mol. The molecular formula is C68H45N3. The van der Waals surface area contributed by atoms with Gasteiger partial charge in [0, 0.05) is 50.4 Å². The van der Waals surface area contributed by atoms with Crippen molar-refractivity contribution in [1.29, 1.82) is 5.26 Å². The fraction of sp³-hybridized carbons (Fsp3) is 0.0294. The van der Waals surface area contributed by atoms with Crippen LogP contribution in [0.3, 0.4) is 0 Å². The molecule has 0 spiro atoms. The molecule has 0 saturated carbocycles. The molecule has 0 saturated heterocycles. The Bertz CT molecular complexity index is 4020. The molecule has 0 fully saturated rings. The third kappa shape index (κ3) is 7.31. The van der Waals surface area contributed by atoms with Crippen molar-refractivity contribution in [2.75, 3.05) is 4.90 Å². The van der Waals surface area contributed by atoms with Crippen LogP contribution in [-0.4, -0.2) is 4.57 Å². The molecule has 71 heavy (non-hydrogen) atoms. The summed E-state index contributed by atoms with van der Waals surface area (Å²) in [7, 11) is 0. The van der Waals surface area contributed by atoms with Crippen molar-refractivity contribution in [3.8, 4) is 34.0 Å². The first-order valence-electron chi connectivity index (χ1n) is 24.3. The number of fused-ring (bicyclic) bond motifs is 6. The SMILES string of the molecule is N#Cc1ccc(N(c2cccc(-n3c4ccc(C5=CC=CC=C=C5)cc4c4cc(-c5ccccc5)ccc43)c2)c2c3ccccc3c(-c3ccc(C4=CC=CC5C=CC=CC45)cc3)c3ccccc23)cc1. The molecule has 1 aromatic heterocycles. The van der Waals surface area contributed by atoms with Crippen LogP contribution in [0.15, 0.2) is 267 Å². The van der Waals surface area contributed by atoms with Gasteiger partial charge in [0.1, 0.15) is 0 Å². The van der Waals surface area contributed by atoms with Gasteiger partial charge >= 0.3 is 0 Å². The van der Waals surface area contributed by atoms with Crippen molar-refractivity contribution in [1.82, 2.24) is 4.57 Å². The van der Waals surface area contributed by atoms with Crippen molar-refractivity contribution in [3.63, 3.8) is 0 Å². The highest BCUT2D eigenvalue weighted by Gasteiger charge is 2.26. The summed E-state index contributed by atoms with van der Waals surface area (Å²) in [5.41, 5.74) is 19.8. The van der Waals surface area contributed by atoms with Crippen LogP contribution in [0.25, 0.3) is 82.4 Å². The molecule has 1 heterocycles. The minimum atomic E-state index is 0.334. The van der Waals surface area contributed by atoms with Crippen LogP contribution in [0.4, 0.5) is 17.1 Å². The van der Waals surface area contributed by atoms with Gasteiger partial charge in [0.2, 0.25) is 0 Å². The molecule has 2 unspecified atom stereocenters. The minimum Gasteiger partial charge on any atom is -0.309 e. The summed E-state index contributed by atoms with van der Waals surface area (Å²) < 4.78 is 2.41. The molecule has 3 heteroatoms. The molecule has 13 rings (SSSR count). The van der Waals surface area contributed by atoms with Gasteiger partial charge in [0.05, 0.1) is 28.4 Å². The van der Waals surface area contributed by atoms with E-state index in [4.69, 9.17) is 0 Å². The first-order valence-corrected chi connectivity index (χ1v) is 24.3. The summed E-state index contributed by atoms with van der Waals surface area (Å²) in [4.78, 5) is 2.39. The first-order chi connectivity index (χ1) is 35.2. The summed E-state index contributed by atoms with van der Waals surface area (Å²) in [5.74, 6) is 0.715. The van der Waals surface area contributed by atoms with Crippen LogP contribution in [-0.2, 0) is 0 Å². The van der Waals surface area contributed by atoms with E-state index in [2.05, 4.69) is 258 Å². The zero-order valence-corrected chi connectivity index (χ0v) is 38.8. The quantitative estimate of drug-likeness (QED) is 0.112. The third-order valence-electron chi connectivity index (χ3n) is 14.4. The zero-order valence-electron chi connectivity index (χ0n) is 38.8. The van der Waals surface area contributed by atoms with Crippen molar-refractivity contribution in [3.05, 3.63) is 283 Å². The number of rotatable bonds is 8. The van der Waals surface area contributed by atoms with Crippen molar-refractivity contribution >= 4 is 71.6 Å². The molecule has 0 radical (unpaired) electrons. The van der Waals surface area contributed by atoms with E-state index < -0.39 is 0 Å². The van der Waals surface area contributed by atoms with Crippen LogP contribution >= 0.6 is 0 Å². The number of aromatic nitrogens is 1. The maximum Gasteiger partial charge on any atom is 0.0991 e. The van der Waals surface area contributed by atoms with Gasteiger partial charge in [-0.25, -0.2) is 0 Å². The third-order valence-corrected chi connectivity index (χ3v) is 14.4. The lowest BCUT2D eigenvalue weighted by atomic mass is 9.77. The van der Waals surface area contributed by atoms with Crippen LogP contribution in [0.1, 0.15) is 16.7 Å². The Hall–Kier alpha value is -9.45. The van der Waals surface area contributed by atoms with Gasteiger partial charge in [-0.05, 0) is 134 Å². The Morgan fingerprint density at radius 1 is 0.465 bits per heavy atom. The second-order valence-electron chi connectivity index (χ2n) is 18.4. The van der Waals surface area contributed by atoms with Crippen LogP contribution < -0.4 is 4.90 Å². The topological polar surface area (TPSA) is 32.0 Å². The predicted molar refractivity (Wildman–Crippen MR) is 298 cm³/mol. The standard InChI is InChI=1S/C68H45N3/c69-45-46-30-38-54(39-31-46)70(68-61-27-12-10-25-59(61)67(60-26-11-13-28-62(60)68)51-34-32-50(33-35-51)58-29-14-21-49-20-8-9-24-57(49)58)55-22-15-23-56(44-55)71-65-40-36-52(47-16-4-1-2-5-17-47)42-63(65)64-43-53(37-41-66(64)71)48-18-6-3-7-19-48/h1-4,6-44,49,57H. The average Bonchev–Trinajstić information content (AvgIpc) is 3.54. The molecule has 2 atom stereocenters. The summed E-state index contributed by atoms with van der Waals surface area (Å²) in [6.45, 7) is 0. The molecule has 10 aromatic rings. The molecule has 9 aromatic carbocycles. The Kier molecular flexibility index (Phi) is 10.3. The van der Waals surface area contributed by atoms with E-state index >= 15 is 0 Å². The maximum absolute atomic E-state index is 9.98. The normalized spacial score (nSPS) is 15.8. The lowest BCUT2D eigenvalue weighted by Crippen LogP contribution is -2.14. The number of nitriles is 1. The highest BCUT2D eigenvalue weighted by molar-refractivity contribution is 6.22. The Balaban J connectivity index is 1.00. The van der Waals surface area contributed by atoms with Gasteiger partial charge < -0.3 is 9.47 Å². The van der Waals surface area contributed by atoms with E-state index in [-0.39, 0.29) is 0 Å². The molecule has 3 nitrogen and oxygen atoms in total. The van der Waals surface area contributed by atoms with Gasteiger partial charge in [-0.2, -0.15) is 5.26 Å². The molecule has 3 aliphatic carbocycles. The van der Waals surface area contributed by atoms with Gasteiger partial charge in [-0.1, -0.05) is 182 Å². The molecular weight excluding hydrogens is 859 g/mol. The highest BCUT2D eigenvalue weighted by atomic mass is 15.1. The fourth-order valence-electron chi connectivity index (χ4n) is 11.1. The van der Waals surface area contributed by atoms with Gasteiger partial charge in [-0.3, -0.25) is 0 Å². The van der Waals surface area contributed by atoms with Crippen LogP contribution in [0.5, 0.6) is 0 Å². The predicted octanol–water partition coefficient (Wildman–Crippen LogP) is 17.7. The molecule has 332 valence electrons. The van der Waals surface area contributed by atoms with Crippen LogP contribution in [0, 0.1) is 23.2 Å². The number of hydrogen-bond acceptors (Lipinski definition) is 2. The maximum atomic E-state index is 9.98. The first kappa shape index (κ1) is 41.7. The van der Waals surface area contributed by atoms with E-state index in [1.165, 1.54) is 54.9 Å². The molecule has 0 bridgehead atoms. The highest BCUT2D eigenvalue weighted by Crippen LogP contribution is 2.49. The summed E-state index contributed by atoms with van der Waals surface area (Å²) in [6, 6.07) is 70.4. The molecule has 0 aliphatic heterocycles. The summed E-state index contributed by atoms with van der Waals surface area (Å²) in [6.07, 6.45) is 26.0. The number of nitrogens with zero attached hydrogens (tertiary/aromatic N) is 3.